The minimum atomic E-state index is -0.893. The molecule has 0 bridgehead atoms. The molecular formula is C17H20O6S3. The molecule has 0 rings (SSSR count). The van der Waals surface area contributed by atoms with Crippen LogP contribution in [-0.2, 0) is 28.6 Å². The van der Waals surface area contributed by atoms with Crippen molar-refractivity contribution >= 4 is 53.2 Å². The molecule has 9 heteroatoms. The van der Waals surface area contributed by atoms with E-state index in [0.29, 0.717) is 11.5 Å². The zero-order valence-electron chi connectivity index (χ0n) is 14.1. The molecule has 0 aliphatic heterocycles. The first-order valence-electron chi connectivity index (χ1n) is 7.29. The fourth-order valence-electron chi connectivity index (χ4n) is 1.30. The van der Waals surface area contributed by atoms with Crippen LogP contribution in [0.2, 0.25) is 0 Å². The highest BCUT2D eigenvalue weighted by Gasteiger charge is 2.19. The van der Waals surface area contributed by atoms with Crippen molar-refractivity contribution in [2.75, 3.05) is 42.0 Å². The van der Waals surface area contributed by atoms with E-state index in [0.717, 1.165) is 11.8 Å². The largest absolute Gasteiger partial charge is 0.461 e. The number of hydrogen-bond donors (Lipinski definition) is 0. The van der Waals surface area contributed by atoms with Crippen molar-refractivity contribution in [3.63, 3.8) is 0 Å². The van der Waals surface area contributed by atoms with E-state index in [9.17, 15) is 14.4 Å². The van der Waals surface area contributed by atoms with Gasteiger partial charge in [-0.05, 0) is 5.41 Å². The van der Waals surface area contributed by atoms with E-state index in [2.05, 4.69) is 18.4 Å². The molecule has 0 saturated carbocycles. The van der Waals surface area contributed by atoms with Crippen molar-refractivity contribution in [2.45, 2.75) is 6.10 Å². The Labute approximate surface area is 166 Å². The van der Waals surface area contributed by atoms with Gasteiger partial charge < -0.3 is 14.2 Å². The van der Waals surface area contributed by atoms with Crippen molar-refractivity contribution < 1.29 is 28.6 Å². The van der Waals surface area contributed by atoms with Gasteiger partial charge in [-0.3, -0.25) is 14.4 Å². The molecular weight excluding hydrogens is 396 g/mol. The van der Waals surface area contributed by atoms with Gasteiger partial charge in [0.25, 0.3) is 0 Å². The van der Waals surface area contributed by atoms with Gasteiger partial charge in [0.2, 0.25) is 0 Å². The van der Waals surface area contributed by atoms with E-state index in [-0.39, 0.29) is 30.5 Å². The van der Waals surface area contributed by atoms with Crippen LogP contribution in [0.1, 0.15) is 0 Å². The average Bonchev–Trinajstić information content (AvgIpc) is 2.62. The topological polar surface area (TPSA) is 78.9 Å². The summed E-state index contributed by atoms with van der Waals surface area (Å²) in [6.45, 7) is 3.05. The summed E-state index contributed by atoms with van der Waals surface area (Å²) in [5.41, 5.74) is 0. The van der Waals surface area contributed by atoms with E-state index in [4.69, 9.17) is 27.1 Å². The molecule has 142 valence electrons. The number of carbonyl (C=O) groups is 3. The maximum atomic E-state index is 11.7. The summed E-state index contributed by atoms with van der Waals surface area (Å²) >= 11 is 3.62. The van der Waals surface area contributed by atoms with E-state index in [1.165, 1.54) is 28.9 Å². The summed E-state index contributed by atoms with van der Waals surface area (Å²) in [7, 11) is 0. The Bertz CT molecular complexity index is 514. The number of ether oxygens (including phenoxy) is 3. The lowest BCUT2D eigenvalue weighted by Gasteiger charge is -2.17. The number of terminal acetylenes is 2. The summed E-state index contributed by atoms with van der Waals surface area (Å²) in [4.78, 5) is 34.9. The summed E-state index contributed by atoms with van der Waals surface area (Å²) in [5.74, 6) is 4.25. The van der Waals surface area contributed by atoms with Crippen LogP contribution in [0.25, 0.3) is 0 Å². The molecule has 26 heavy (non-hydrogen) atoms. The van der Waals surface area contributed by atoms with Crippen LogP contribution >= 0.6 is 35.3 Å². The highest BCUT2D eigenvalue weighted by molar-refractivity contribution is 8.02. The standard InChI is InChI=1S/C17H20O6S3/c1-4-7-25-11-15(18)21-9-14(23-17(20)13-24-6-3)10-22-16(19)12-26-8-5-2/h1-2,6,14H,3,7-13H2. The van der Waals surface area contributed by atoms with E-state index in [1.807, 2.05) is 0 Å². The van der Waals surface area contributed by atoms with Gasteiger partial charge in [0, 0.05) is 0 Å². The van der Waals surface area contributed by atoms with Gasteiger partial charge in [0.1, 0.15) is 13.2 Å². The van der Waals surface area contributed by atoms with Crippen molar-refractivity contribution in [3.05, 3.63) is 12.0 Å². The molecule has 6 nitrogen and oxygen atoms in total. The molecule has 0 aromatic carbocycles. The maximum absolute atomic E-state index is 11.7. The third kappa shape index (κ3) is 14.6. The van der Waals surface area contributed by atoms with E-state index >= 15 is 0 Å². The molecule has 0 N–H and O–H groups in total. The minimum absolute atomic E-state index is 0.0535. The highest BCUT2D eigenvalue weighted by Crippen LogP contribution is 2.06. The van der Waals surface area contributed by atoms with Crippen molar-refractivity contribution in [1.29, 1.82) is 0 Å². The quantitative estimate of drug-likeness (QED) is 0.181. The SMILES string of the molecule is C#CCSCC(=O)OCC(COC(=O)CSCC#C)OC(=O)CSC=C. The molecule has 0 saturated heterocycles. The summed E-state index contributed by atoms with van der Waals surface area (Å²) in [6, 6.07) is 0. The smallest absolute Gasteiger partial charge is 0.316 e. The lowest BCUT2D eigenvalue weighted by atomic mass is 10.4. The number of hydrogen-bond acceptors (Lipinski definition) is 9. The lowest BCUT2D eigenvalue weighted by molar-refractivity contribution is -0.163. The Balaban J connectivity index is 4.40. The molecule has 0 amide bonds. The second-order valence-electron chi connectivity index (χ2n) is 4.35. The average molecular weight is 417 g/mol. The first-order chi connectivity index (χ1) is 12.5. The lowest BCUT2D eigenvalue weighted by Crippen LogP contribution is -2.32. The first kappa shape index (κ1) is 24.3. The maximum Gasteiger partial charge on any atom is 0.316 e. The van der Waals surface area contributed by atoms with Gasteiger partial charge in [-0.15, -0.1) is 48.1 Å². The normalized spacial score (nSPS) is 9.65. The Kier molecular flexibility index (Phi) is 15.7. The van der Waals surface area contributed by atoms with E-state index < -0.39 is 24.0 Å². The van der Waals surface area contributed by atoms with Gasteiger partial charge in [0.05, 0.1) is 28.8 Å². The van der Waals surface area contributed by atoms with Crippen LogP contribution in [0.3, 0.4) is 0 Å². The Hall–Kier alpha value is -1.68. The molecule has 0 aliphatic rings. The van der Waals surface area contributed by atoms with Crippen molar-refractivity contribution in [3.8, 4) is 24.7 Å². The predicted molar refractivity (Wildman–Crippen MR) is 107 cm³/mol. The summed E-state index contributed by atoms with van der Waals surface area (Å²) in [5, 5.41) is 1.50. The van der Waals surface area contributed by atoms with Gasteiger partial charge in [-0.25, -0.2) is 0 Å². The molecule has 0 aromatic rings. The first-order valence-corrected chi connectivity index (χ1v) is 10.6. The van der Waals surface area contributed by atoms with E-state index in [1.54, 1.807) is 0 Å². The van der Waals surface area contributed by atoms with Crippen LogP contribution in [-0.4, -0.2) is 66.0 Å². The molecule has 0 aromatic heterocycles. The van der Waals surface area contributed by atoms with Crippen LogP contribution in [0.15, 0.2) is 12.0 Å². The van der Waals surface area contributed by atoms with Gasteiger partial charge in [-0.2, -0.15) is 0 Å². The molecule has 0 unspecified atom stereocenters. The molecule has 0 fully saturated rings. The number of thioether (sulfide) groups is 3. The second-order valence-corrected chi connectivity index (χ2v) is 7.28. The zero-order valence-corrected chi connectivity index (χ0v) is 16.6. The van der Waals surface area contributed by atoms with Crippen LogP contribution in [0, 0.1) is 24.7 Å². The monoisotopic (exact) mass is 416 g/mol. The summed E-state index contributed by atoms with van der Waals surface area (Å²) < 4.78 is 15.2. The van der Waals surface area contributed by atoms with Crippen LogP contribution in [0.4, 0.5) is 0 Å². The molecule has 0 atom stereocenters. The van der Waals surface area contributed by atoms with Crippen molar-refractivity contribution in [1.82, 2.24) is 0 Å². The van der Waals surface area contributed by atoms with Crippen LogP contribution in [0.5, 0.6) is 0 Å². The van der Waals surface area contributed by atoms with Gasteiger partial charge in [-0.1, -0.05) is 18.4 Å². The fourth-order valence-corrected chi connectivity index (χ4v) is 2.57. The molecule has 0 heterocycles. The highest BCUT2D eigenvalue weighted by atomic mass is 32.2. The number of esters is 3. The Morgan fingerprint density at radius 1 is 0.923 bits per heavy atom. The van der Waals surface area contributed by atoms with Crippen LogP contribution < -0.4 is 0 Å². The number of carbonyl (C=O) groups excluding carboxylic acids is 3. The summed E-state index contributed by atoms with van der Waals surface area (Å²) in [6.07, 6.45) is 9.29. The van der Waals surface area contributed by atoms with Crippen molar-refractivity contribution in [2.24, 2.45) is 0 Å². The Morgan fingerprint density at radius 3 is 1.85 bits per heavy atom. The Morgan fingerprint density at radius 2 is 1.42 bits per heavy atom. The predicted octanol–water partition coefficient (Wildman–Crippen LogP) is 1.59. The third-order valence-corrected chi connectivity index (χ3v) is 4.55. The molecule has 0 spiro atoms. The number of rotatable bonds is 14. The second kappa shape index (κ2) is 16.8. The fraction of sp³-hybridized carbons (Fsp3) is 0.471. The third-order valence-electron chi connectivity index (χ3n) is 2.29. The molecule has 0 radical (unpaired) electrons. The minimum Gasteiger partial charge on any atom is -0.461 e. The van der Waals surface area contributed by atoms with Gasteiger partial charge in [0.15, 0.2) is 6.10 Å². The zero-order chi connectivity index (χ0) is 19.6. The molecule has 0 aliphatic carbocycles. The van der Waals surface area contributed by atoms with Gasteiger partial charge >= 0.3 is 17.9 Å².